The lowest BCUT2D eigenvalue weighted by Gasteiger charge is -2.00. The number of rotatable bonds is 7. The van der Waals surface area contributed by atoms with E-state index >= 15 is 0 Å². The first kappa shape index (κ1) is 15.5. The molecule has 0 aliphatic carbocycles. The first-order valence-electron chi connectivity index (χ1n) is 5.14. The highest BCUT2D eigenvalue weighted by Crippen LogP contribution is 1.90. The van der Waals surface area contributed by atoms with Crippen molar-refractivity contribution in [3.63, 3.8) is 0 Å². The third kappa shape index (κ3) is 22.5. The molecule has 84 valence electrons. The molecule has 0 aromatic rings. The molecule has 0 N–H and O–H groups in total. The van der Waals surface area contributed by atoms with Crippen molar-refractivity contribution in [2.24, 2.45) is 5.92 Å². The van der Waals surface area contributed by atoms with Crippen LogP contribution in [0.4, 0.5) is 0 Å². The summed E-state index contributed by atoms with van der Waals surface area (Å²) in [6.07, 6.45) is 5.27. The minimum atomic E-state index is 0.609. The van der Waals surface area contributed by atoms with Gasteiger partial charge in [0.05, 0.1) is 25.7 Å². The predicted molar refractivity (Wildman–Crippen MR) is 62.0 cm³/mol. The fourth-order valence-electron chi connectivity index (χ4n) is 0.571. The van der Waals surface area contributed by atoms with Crippen LogP contribution in [0.5, 0.6) is 0 Å². The molecular weight excluding hydrogens is 176 g/mol. The van der Waals surface area contributed by atoms with Crippen molar-refractivity contribution in [1.82, 2.24) is 0 Å². The second-order valence-corrected chi connectivity index (χ2v) is 3.28. The van der Waals surface area contributed by atoms with Crippen LogP contribution in [0.2, 0.25) is 0 Å². The van der Waals surface area contributed by atoms with Crippen molar-refractivity contribution >= 4 is 0 Å². The molecule has 0 radical (unpaired) electrons. The Bertz CT molecular complexity index is 119. The average molecular weight is 200 g/mol. The van der Waals surface area contributed by atoms with Gasteiger partial charge in [0.1, 0.15) is 0 Å². The van der Waals surface area contributed by atoms with Gasteiger partial charge in [0.25, 0.3) is 0 Å². The van der Waals surface area contributed by atoms with Gasteiger partial charge in [-0.25, -0.2) is 0 Å². The van der Waals surface area contributed by atoms with Crippen LogP contribution >= 0.6 is 0 Å². The van der Waals surface area contributed by atoms with Crippen LogP contribution in [-0.2, 0) is 9.47 Å². The van der Waals surface area contributed by atoms with E-state index in [2.05, 4.69) is 33.9 Å². The molecule has 0 rings (SSSR count). The lowest BCUT2D eigenvalue weighted by atomic mass is 10.2. The molecule has 2 nitrogen and oxygen atoms in total. The lowest BCUT2D eigenvalue weighted by Crippen LogP contribution is -1.95. The molecule has 2 heteroatoms. The maximum atomic E-state index is 4.86. The van der Waals surface area contributed by atoms with Crippen LogP contribution in [0.1, 0.15) is 33.6 Å². The van der Waals surface area contributed by atoms with Gasteiger partial charge >= 0.3 is 0 Å². The normalized spacial score (nSPS) is 8.57. The smallest absolute Gasteiger partial charge is 0.0895 e. The van der Waals surface area contributed by atoms with E-state index in [0.29, 0.717) is 5.92 Å². The van der Waals surface area contributed by atoms with Crippen molar-refractivity contribution in [1.29, 1.82) is 0 Å². The molecule has 0 aromatic carbocycles. The number of unbranched alkanes of at least 4 members (excludes halogenated alkanes) is 1. The van der Waals surface area contributed by atoms with Gasteiger partial charge in [-0.2, -0.15) is 0 Å². The Balaban J connectivity index is 0. The van der Waals surface area contributed by atoms with Gasteiger partial charge in [-0.05, 0) is 12.3 Å². The summed E-state index contributed by atoms with van der Waals surface area (Å²) < 4.78 is 9.70. The standard InChI is InChI=1S/2C6H12O/c1-4-7-5-6(2)3;1-3-5-6-7-4-2/h4,6H,1,5H2,2-3H3;4H,2-3,5-6H2,1H3. The SMILES string of the molecule is C=COCC(C)C.C=COCCCC. The minimum Gasteiger partial charge on any atom is -0.502 e. The minimum absolute atomic E-state index is 0.609. The molecule has 0 spiro atoms. The molecule has 14 heavy (non-hydrogen) atoms. The number of ether oxygens (including phenoxy) is 2. The summed E-state index contributed by atoms with van der Waals surface area (Å²) in [5.41, 5.74) is 0. The molecule has 0 fully saturated rings. The van der Waals surface area contributed by atoms with Crippen LogP contribution < -0.4 is 0 Å². The lowest BCUT2D eigenvalue weighted by molar-refractivity contribution is 0.212. The highest BCUT2D eigenvalue weighted by atomic mass is 16.5. The molecular formula is C12H24O2. The molecule has 0 aliphatic heterocycles. The highest BCUT2D eigenvalue weighted by molar-refractivity contribution is 4.50. The van der Waals surface area contributed by atoms with Crippen molar-refractivity contribution < 1.29 is 9.47 Å². The quantitative estimate of drug-likeness (QED) is 0.460. The van der Waals surface area contributed by atoms with Crippen molar-refractivity contribution in [2.45, 2.75) is 33.6 Å². The zero-order valence-electron chi connectivity index (χ0n) is 9.79. The summed E-state index contributed by atoms with van der Waals surface area (Å²) >= 11 is 0. The van der Waals surface area contributed by atoms with Gasteiger partial charge in [-0.3, -0.25) is 0 Å². The van der Waals surface area contributed by atoms with E-state index in [-0.39, 0.29) is 0 Å². The Labute approximate surface area is 88.6 Å². The zero-order valence-corrected chi connectivity index (χ0v) is 9.79. The van der Waals surface area contributed by atoms with Gasteiger partial charge in [0.15, 0.2) is 0 Å². The Morgan fingerprint density at radius 1 is 1.14 bits per heavy atom. The van der Waals surface area contributed by atoms with Crippen LogP contribution in [0.3, 0.4) is 0 Å². The topological polar surface area (TPSA) is 18.5 Å². The maximum Gasteiger partial charge on any atom is 0.0895 e. The largest absolute Gasteiger partial charge is 0.502 e. The van der Waals surface area contributed by atoms with Crippen molar-refractivity contribution in [3.8, 4) is 0 Å². The first-order valence-corrected chi connectivity index (χ1v) is 5.14. The molecule has 0 bridgehead atoms. The summed E-state index contributed by atoms with van der Waals surface area (Å²) in [4.78, 5) is 0. The molecule has 0 aromatic heterocycles. The second kappa shape index (κ2) is 14.6. The fraction of sp³-hybridized carbons (Fsp3) is 0.667. The molecule has 0 saturated carbocycles. The van der Waals surface area contributed by atoms with Gasteiger partial charge < -0.3 is 9.47 Å². The van der Waals surface area contributed by atoms with Gasteiger partial charge in [0.2, 0.25) is 0 Å². The van der Waals surface area contributed by atoms with E-state index in [1.54, 1.807) is 0 Å². The van der Waals surface area contributed by atoms with E-state index in [1.165, 1.54) is 18.9 Å². The molecule has 0 saturated heterocycles. The van der Waals surface area contributed by atoms with Gasteiger partial charge in [-0.1, -0.05) is 40.3 Å². The summed E-state index contributed by atoms with van der Waals surface area (Å²) in [6.45, 7) is 14.8. The van der Waals surface area contributed by atoms with E-state index in [0.717, 1.165) is 19.6 Å². The Morgan fingerprint density at radius 2 is 1.71 bits per heavy atom. The maximum absolute atomic E-state index is 4.86. The molecule has 0 heterocycles. The van der Waals surface area contributed by atoms with Crippen molar-refractivity contribution in [2.75, 3.05) is 13.2 Å². The van der Waals surface area contributed by atoms with Crippen LogP contribution in [-0.4, -0.2) is 13.2 Å². The number of hydrogen-bond donors (Lipinski definition) is 0. The van der Waals surface area contributed by atoms with Crippen molar-refractivity contribution in [3.05, 3.63) is 25.7 Å². The zero-order chi connectivity index (χ0) is 11.2. The summed E-state index contributed by atoms with van der Waals surface area (Å²) in [5, 5.41) is 0. The van der Waals surface area contributed by atoms with E-state index in [1.807, 2.05) is 0 Å². The van der Waals surface area contributed by atoms with Crippen LogP contribution in [0.25, 0.3) is 0 Å². The summed E-state index contributed by atoms with van der Waals surface area (Å²) in [7, 11) is 0. The second-order valence-electron chi connectivity index (χ2n) is 3.28. The third-order valence-corrected chi connectivity index (χ3v) is 1.28. The van der Waals surface area contributed by atoms with E-state index < -0.39 is 0 Å². The summed E-state index contributed by atoms with van der Waals surface area (Å²) in [5.74, 6) is 0.609. The monoisotopic (exact) mass is 200 g/mol. The third-order valence-electron chi connectivity index (χ3n) is 1.28. The summed E-state index contributed by atoms with van der Waals surface area (Å²) in [6, 6.07) is 0. The van der Waals surface area contributed by atoms with E-state index in [9.17, 15) is 0 Å². The molecule has 0 atom stereocenters. The van der Waals surface area contributed by atoms with Crippen LogP contribution in [0.15, 0.2) is 25.7 Å². The van der Waals surface area contributed by atoms with Gasteiger partial charge in [-0.15, -0.1) is 0 Å². The Kier molecular flexibility index (Phi) is 16.2. The predicted octanol–water partition coefficient (Wildman–Crippen LogP) is 3.75. The molecule has 0 amide bonds. The molecule has 0 unspecified atom stereocenters. The average Bonchev–Trinajstić information content (AvgIpc) is 2.16. The van der Waals surface area contributed by atoms with Crippen LogP contribution in [0, 0.1) is 5.92 Å². The fourth-order valence-corrected chi connectivity index (χ4v) is 0.571. The van der Waals surface area contributed by atoms with E-state index in [4.69, 9.17) is 9.47 Å². The highest BCUT2D eigenvalue weighted by Gasteiger charge is 1.87. The Morgan fingerprint density at radius 3 is 2.00 bits per heavy atom. The molecule has 0 aliphatic rings. The van der Waals surface area contributed by atoms with Gasteiger partial charge in [0, 0.05) is 0 Å². The first-order chi connectivity index (χ1) is 6.68. The Hall–Kier alpha value is -0.920. The number of hydrogen-bond acceptors (Lipinski definition) is 2.